The van der Waals surface area contributed by atoms with Crippen LogP contribution in [0.15, 0.2) is 0 Å². The van der Waals surface area contributed by atoms with E-state index in [0.29, 0.717) is 78.7 Å². The molecule has 9 rings (SSSR count). The van der Waals surface area contributed by atoms with Gasteiger partial charge >= 0.3 is 0 Å². The van der Waals surface area contributed by atoms with Gasteiger partial charge in [-0.05, 0) is 99.2 Å². The Balaban J connectivity index is 0.00000289. The van der Waals surface area contributed by atoms with Crippen molar-refractivity contribution in [2.24, 2.45) is 47.3 Å². The third kappa shape index (κ3) is 5.33. The first-order chi connectivity index (χ1) is 21.2. The van der Waals surface area contributed by atoms with Crippen LogP contribution >= 0.6 is 0 Å². The summed E-state index contributed by atoms with van der Waals surface area (Å²) >= 11 is 0. The van der Waals surface area contributed by atoms with E-state index in [1.165, 1.54) is 83.5 Å². The van der Waals surface area contributed by atoms with Crippen molar-refractivity contribution in [3.05, 3.63) is 0 Å². The number of hydrogen-bond donors (Lipinski definition) is 8. The van der Waals surface area contributed by atoms with Crippen LogP contribution < -0.4 is 42.5 Å². The fraction of sp³-hybridized carbons (Fsp3) is 0.970. The van der Waals surface area contributed by atoms with Crippen LogP contribution in [0.5, 0.6) is 0 Å². The molecule has 248 valence electrons. The Labute approximate surface area is 274 Å². The molecule has 8 N–H and O–H groups in total. The zero-order chi connectivity index (χ0) is 28.5. The smallest absolute Gasteiger partial charge is 0.293 e. The molecular weight excluding hydrogens is 596 g/mol. The molecule has 5 aliphatic heterocycles. The summed E-state index contributed by atoms with van der Waals surface area (Å²) in [4.78, 5) is 11.6. The van der Waals surface area contributed by atoms with Gasteiger partial charge in [-0.1, -0.05) is 38.5 Å². The fourth-order valence-electron chi connectivity index (χ4n) is 12.2. The molecule has 17 atom stereocenters. The first-order valence-electron chi connectivity index (χ1n) is 18.4. The van der Waals surface area contributed by atoms with E-state index in [-0.39, 0.29) is 47.6 Å². The molecule has 4 aliphatic carbocycles. The molecule has 11 heteroatoms. The fourth-order valence-corrected chi connectivity index (χ4v) is 12.2. The summed E-state index contributed by atoms with van der Waals surface area (Å²) in [5.41, 5.74) is 0. The predicted octanol–water partition coefficient (Wildman–Crippen LogP) is 1.75. The number of hydrogen-bond acceptors (Lipinski definition) is 10. The summed E-state index contributed by atoms with van der Waals surface area (Å²) in [6, 6.07) is 0. The quantitative estimate of drug-likeness (QED) is 0.166. The van der Waals surface area contributed by atoms with E-state index >= 15 is 0 Å². The molecule has 44 heavy (non-hydrogen) atoms. The van der Waals surface area contributed by atoms with Gasteiger partial charge in [-0.15, -0.1) is 0 Å². The summed E-state index contributed by atoms with van der Waals surface area (Å²) < 4.78 is 5.83. The normalized spacial score (nSPS) is 54.7. The molecule has 0 aromatic heterocycles. The van der Waals surface area contributed by atoms with Crippen LogP contribution in [0.3, 0.4) is 0 Å². The molecule has 9 fully saturated rings. The van der Waals surface area contributed by atoms with Gasteiger partial charge in [-0.2, -0.15) is 0 Å². The van der Waals surface area contributed by atoms with Gasteiger partial charge < -0.3 is 4.74 Å². The van der Waals surface area contributed by atoms with Gasteiger partial charge in [-0.3, -0.25) is 47.3 Å². The van der Waals surface area contributed by atoms with Gasteiger partial charge in [0.05, 0.1) is 49.3 Å². The van der Waals surface area contributed by atoms with Gasteiger partial charge in [0, 0.05) is 23.0 Å². The minimum atomic E-state index is -0.0239. The predicted molar refractivity (Wildman–Crippen MR) is 164 cm³/mol. The first-order valence-corrected chi connectivity index (χ1v) is 18.4. The van der Waals surface area contributed by atoms with Crippen LogP contribution in [0.25, 0.3) is 0 Å². The van der Waals surface area contributed by atoms with Crippen molar-refractivity contribution in [1.82, 2.24) is 42.5 Å². The van der Waals surface area contributed by atoms with Crippen molar-refractivity contribution in [2.45, 2.75) is 152 Å². The second-order valence-corrected chi connectivity index (χ2v) is 15.9. The largest absolute Gasteiger partial charge is 0.464 e. The molecule has 9 aliphatic rings. The van der Waals surface area contributed by atoms with E-state index < -0.39 is 0 Å². The Bertz CT molecular complexity index is 1020. The summed E-state index contributed by atoms with van der Waals surface area (Å²) in [5, 5.41) is 33.3. The maximum absolute atomic E-state index is 11.6. The molecule has 10 nitrogen and oxygen atoms in total. The van der Waals surface area contributed by atoms with E-state index in [9.17, 15) is 4.79 Å². The standard InChI is InChI=1S/C33H56N8O2.Fe/c42-16-43-24-15-7-14-23-25(24)33-40-31-22-13-6-5-12-21(22)29(38-31)36-27-18-9-2-1-8-17(18)26(34-27)35-28-19-10-3-4-11-20(19)30(37-28)39-32(23)41-33;/h16-41H,1-15H2;. The Kier molecular flexibility index (Phi) is 9.11. The van der Waals surface area contributed by atoms with Crippen LogP contribution in [-0.2, 0) is 26.6 Å². The summed E-state index contributed by atoms with van der Waals surface area (Å²) in [7, 11) is 0. The molecule has 4 saturated carbocycles. The van der Waals surface area contributed by atoms with Crippen LogP contribution in [0.2, 0.25) is 0 Å². The molecule has 0 aromatic carbocycles. The Morgan fingerprint density at radius 3 is 1.02 bits per heavy atom. The average Bonchev–Trinajstić information content (AvgIpc) is 3.77. The van der Waals surface area contributed by atoms with Gasteiger partial charge in [0.25, 0.3) is 6.47 Å². The Morgan fingerprint density at radius 2 is 0.682 bits per heavy atom. The third-order valence-corrected chi connectivity index (χ3v) is 14.1. The van der Waals surface area contributed by atoms with Gasteiger partial charge in [0.2, 0.25) is 0 Å². The van der Waals surface area contributed by atoms with Crippen molar-refractivity contribution in [2.75, 3.05) is 0 Å². The zero-order valence-electron chi connectivity index (χ0n) is 26.2. The molecule has 0 radical (unpaired) electrons. The number of carbonyl (C=O) groups is 1. The minimum Gasteiger partial charge on any atom is -0.464 e. The minimum absolute atomic E-state index is 0. The summed E-state index contributed by atoms with van der Waals surface area (Å²) in [6.45, 7) is 0.702. The zero-order valence-corrected chi connectivity index (χ0v) is 27.3. The topological polar surface area (TPSA) is 123 Å². The second-order valence-electron chi connectivity index (χ2n) is 15.9. The van der Waals surface area contributed by atoms with Crippen LogP contribution in [-0.4, -0.2) is 61.9 Å². The average molecular weight is 653 g/mol. The number of carbonyl (C=O) groups excluding carboxylic acids is 1. The van der Waals surface area contributed by atoms with E-state index in [0.717, 1.165) is 12.8 Å². The molecule has 0 aromatic rings. The first kappa shape index (κ1) is 31.0. The molecular formula is C33H56FeN8O2. The SMILES string of the molecule is O=COC1CCCC2C3NC4NC(NC5NC(NC6NC(NC(N3)C12)C1CCCCC61)C1CCCCC51)C1CCCCC41.[Fe]. The molecule has 17 unspecified atom stereocenters. The summed E-state index contributed by atoms with van der Waals surface area (Å²) in [5.74, 6) is 4.71. The molecule has 5 saturated heterocycles. The maximum atomic E-state index is 11.6. The van der Waals surface area contributed by atoms with Crippen molar-refractivity contribution in [3.8, 4) is 0 Å². The summed E-state index contributed by atoms with van der Waals surface area (Å²) in [6.07, 6.45) is 21.5. The number of rotatable bonds is 2. The number of fused-ring (bicyclic) bond motifs is 20. The van der Waals surface area contributed by atoms with Gasteiger partial charge in [0.15, 0.2) is 0 Å². The van der Waals surface area contributed by atoms with Gasteiger partial charge in [-0.25, -0.2) is 0 Å². The van der Waals surface area contributed by atoms with Crippen molar-refractivity contribution in [3.63, 3.8) is 0 Å². The maximum Gasteiger partial charge on any atom is 0.293 e. The van der Waals surface area contributed by atoms with E-state index in [1.807, 2.05) is 0 Å². The Morgan fingerprint density at radius 1 is 0.386 bits per heavy atom. The van der Waals surface area contributed by atoms with E-state index in [2.05, 4.69) is 42.5 Å². The van der Waals surface area contributed by atoms with Crippen LogP contribution in [0, 0.1) is 47.3 Å². The molecule has 8 bridgehead atoms. The second kappa shape index (κ2) is 12.9. The van der Waals surface area contributed by atoms with Crippen molar-refractivity contribution >= 4 is 6.47 Å². The molecule has 5 heterocycles. The monoisotopic (exact) mass is 652 g/mol. The van der Waals surface area contributed by atoms with Crippen molar-refractivity contribution < 1.29 is 26.6 Å². The number of ether oxygens (including phenoxy) is 1. The van der Waals surface area contributed by atoms with Gasteiger partial charge in [0.1, 0.15) is 6.10 Å². The van der Waals surface area contributed by atoms with E-state index in [4.69, 9.17) is 4.74 Å². The third-order valence-electron chi connectivity index (χ3n) is 14.1. The van der Waals surface area contributed by atoms with Crippen LogP contribution in [0.1, 0.15) is 96.3 Å². The molecule has 0 spiro atoms. The van der Waals surface area contributed by atoms with Crippen molar-refractivity contribution in [1.29, 1.82) is 0 Å². The number of nitrogens with one attached hydrogen (secondary N) is 8. The van der Waals surface area contributed by atoms with E-state index in [1.54, 1.807) is 0 Å². The Hall–Kier alpha value is -0.331. The van der Waals surface area contributed by atoms with Crippen LogP contribution in [0.4, 0.5) is 0 Å². The molecule has 0 amide bonds.